The lowest BCUT2D eigenvalue weighted by Gasteiger charge is -2.20. The van der Waals surface area contributed by atoms with Crippen LogP contribution in [0.25, 0.3) is 21.8 Å². The number of halogens is 1. The molecule has 0 bridgehead atoms. The number of para-hydroxylation sites is 1. The Balaban J connectivity index is 1.81. The second-order valence-electron chi connectivity index (χ2n) is 7.74. The van der Waals surface area contributed by atoms with Crippen molar-refractivity contribution in [2.24, 2.45) is 7.05 Å². The van der Waals surface area contributed by atoms with Gasteiger partial charge >= 0.3 is 11.9 Å². The van der Waals surface area contributed by atoms with E-state index in [1.54, 1.807) is 18.2 Å². The normalized spacial score (nSPS) is 18.3. The van der Waals surface area contributed by atoms with E-state index in [-0.39, 0.29) is 5.69 Å². The number of benzene rings is 2. The van der Waals surface area contributed by atoms with E-state index in [9.17, 15) is 9.59 Å². The maximum Gasteiger partial charge on any atom is 0.356 e. The zero-order chi connectivity index (χ0) is 22.6. The molecule has 0 radical (unpaired) electrons. The highest BCUT2D eigenvalue weighted by Crippen LogP contribution is 2.47. The van der Waals surface area contributed by atoms with Crippen molar-refractivity contribution in [1.29, 1.82) is 0 Å². The van der Waals surface area contributed by atoms with Crippen LogP contribution in [0.4, 0.5) is 0 Å². The minimum absolute atomic E-state index is 0.148. The molecule has 1 aliphatic rings. The third kappa shape index (κ3) is 2.99. The number of cyclic esters (lactones) is 1. The largest absolute Gasteiger partial charge is 0.464 e. The van der Waals surface area contributed by atoms with E-state index in [4.69, 9.17) is 21.1 Å². The third-order valence-corrected chi connectivity index (χ3v) is 6.23. The fraction of sp³-hybridized carbons (Fsp3) is 0.160. The van der Waals surface area contributed by atoms with E-state index in [1.807, 2.05) is 48.0 Å². The summed E-state index contributed by atoms with van der Waals surface area (Å²) in [5, 5.41) is 2.38. The minimum atomic E-state index is -0.758. The number of pyridine rings is 1. The highest BCUT2D eigenvalue weighted by Gasteiger charge is 2.43. The second-order valence-corrected chi connectivity index (χ2v) is 8.17. The number of aromatic nitrogens is 2. The number of hydrogen-bond donors (Lipinski definition) is 0. The number of nitrogens with zero attached hydrogens (tertiary/aromatic N) is 2. The molecule has 7 heteroatoms. The lowest BCUT2D eigenvalue weighted by molar-refractivity contribution is -0.139. The van der Waals surface area contributed by atoms with Gasteiger partial charge in [0.25, 0.3) is 0 Å². The smallest absolute Gasteiger partial charge is 0.356 e. The summed E-state index contributed by atoms with van der Waals surface area (Å²) in [5.41, 5.74) is 3.54. The second kappa shape index (κ2) is 7.50. The van der Waals surface area contributed by atoms with Crippen molar-refractivity contribution in [1.82, 2.24) is 9.55 Å². The minimum Gasteiger partial charge on any atom is -0.464 e. The van der Waals surface area contributed by atoms with Crippen molar-refractivity contribution in [2.45, 2.75) is 12.0 Å². The summed E-state index contributed by atoms with van der Waals surface area (Å²) in [5.74, 6) is -1.53. The van der Waals surface area contributed by atoms with Crippen molar-refractivity contribution in [3.63, 3.8) is 0 Å². The Morgan fingerprint density at radius 3 is 2.59 bits per heavy atom. The summed E-state index contributed by atoms with van der Waals surface area (Å²) in [7, 11) is 3.24. The molecule has 0 saturated carbocycles. The molecule has 1 fully saturated rings. The first-order chi connectivity index (χ1) is 15.4. The summed E-state index contributed by atoms with van der Waals surface area (Å²) in [6.45, 7) is 3.98. The van der Waals surface area contributed by atoms with Gasteiger partial charge in [0.1, 0.15) is 11.4 Å². The van der Waals surface area contributed by atoms with E-state index >= 15 is 0 Å². The summed E-state index contributed by atoms with van der Waals surface area (Å²) >= 11 is 6.06. The molecule has 5 rings (SSSR count). The van der Waals surface area contributed by atoms with Gasteiger partial charge in [-0.05, 0) is 29.8 Å². The lowest BCUT2D eigenvalue weighted by Crippen LogP contribution is -2.14. The summed E-state index contributed by atoms with van der Waals surface area (Å²) < 4.78 is 12.7. The van der Waals surface area contributed by atoms with Crippen LogP contribution in [0.15, 0.2) is 66.7 Å². The van der Waals surface area contributed by atoms with Gasteiger partial charge in [0.2, 0.25) is 0 Å². The summed E-state index contributed by atoms with van der Waals surface area (Å²) in [6.07, 6.45) is -0.758. The van der Waals surface area contributed by atoms with Gasteiger partial charge in [0.15, 0.2) is 6.10 Å². The molecule has 0 N–H and O–H groups in total. The molecular formula is C25H19ClN2O4. The van der Waals surface area contributed by atoms with Crippen LogP contribution in [0, 0.1) is 0 Å². The predicted octanol–water partition coefficient (Wildman–Crippen LogP) is 5.10. The van der Waals surface area contributed by atoms with Gasteiger partial charge in [0.05, 0.1) is 18.5 Å². The molecule has 4 aromatic rings. The Morgan fingerprint density at radius 1 is 1.16 bits per heavy atom. The Kier molecular flexibility index (Phi) is 4.75. The quantitative estimate of drug-likeness (QED) is 0.323. The number of hydrogen-bond acceptors (Lipinski definition) is 5. The fourth-order valence-electron chi connectivity index (χ4n) is 4.47. The highest BCUT2D eigenvalue weighted by molar-refractivity contribution is 6.30. The molecule has 0 aliphatic carbocycles. The molecule has 2 atom stereocenters. The van der Waals surface area contributed by atoms with Gasteiger partial charge in [0, 0.05) is 33.9 Å². The highest BCUT2D eigenvalue weighted by atomic mass is 35.5. The Morgan fingerprint density at radius 2 is 1.88 bits per heavy atom. The first-order valence-corrected chi connectivity index (χ1v) is 10.4. The van der Waals surface area contributed by atoms with Crippen molar-refractivity contribution in [3.8, 4) is 0 Å². The van der Waals surface area contributed by atoms with Crippen LogP contribution in [-0.2, 0) is 21.3 Å². The van der Waals surface area contributed by atoms with E-state index in [1.165, 1.54) is 7.11 Å². The van der Waals surface area contributed by atoms with Gasteiger partial charge in [-0.3, -0.25) is 0 Å². The molecule has 160 valence electrons. The van der Waals surface area contributed by atoms with Crippen LogP contribution in [0.3, 0.4) is 0 Å². The van der Waals surface area contributed by atoms with E-state index in [0.717, 1.165) is 27.4 Å². The standard InChI is InChI=1S/C25H19ClN2O4/c1-13-20(14-8-10-15(26)11-9-14)23(32-24(13)29)21-22-17(12-18(27-21)25(30)31-3)16-6-4-5-7-19(16)28(22)2/h4-12,20,23H,1H2,2-3H3/t20-,23+/m0/s1. The van der Waals surface area contributed by atoms with Crippen molar-refractivity contribution < 1.29 is 19.1 Å². The van der Waals surface area contributed by atoms with Crippen molar-refractivity contribution in [3.05, 3.63) is 88.7 Å². The molecule has 0 amide bonds. The molecule has 6 nitrogen and oxygen atoms in total. The first-order valence-electron chi connectivity index (χ1n) is 10.0. The Bertz CT molecular complexity index is 1420. The van der Waals surface area contributed by atoms with Crippen molar-refractivity contribution >= 4 is 45.3 Å². The van der Waals surface area contributed by atoms with Gasteiger partial charge < -0.3 is 14.0 Å². The van der Waals surface area contributed by atoms with Crippen LogP contribution in [0.5, 0.6) is 0 Å². The topological polar surface area (TPSA) is 70.4 Å². The molecule has 0 unspecified atom stereocenters. The number of aryl methyl sites for hydroxylation is 1. The zero-order valence-corrected chi connectivity index (χ0v) is 18.2. The average molecular weight is 447 g/mol. The van der Waals surface area contributed by atoms with Gasteiger partial charge in [-0.1, -0.05) is 48.5 Å². The van der Waals surface area contributed by atoms with E-state index < -0.39 is 24.0 Å². The molecule has 32 heavy (non-hydrogen) atoms. The zero-order valence-electron chi connectivity index (χ0n) is 17.5. The SMILES string of the molecule is C=C1C(=O)O[C@@H](c2nc(C(=O)OC)cc3c4ccccc4n(C)c23)[C@@H]1c1ccc(Cl)cc1. The maximum absolute atomic E-state index is 12.6. The molecule has 0 spiro atoms. The molecule has 1 aliphatic heterocycles. The average Bonchev–Trinajstić information content (AvgIpc) is 3.27. The van der Waals surface area contributed by atoms with Gasteiger partial charge in [-0.2, -0.15) is 0 Å². The van der Waals surface area contributed by atoms with Crippen molar-refractivity contribution in [2.75, 3.05) is 7.11 Å². The monoisotopic (exact) mass is 446 g/mol. The number of rotatable bonds is 3. The molecular weight excluding hydrogens is 428 g/mol. The first kappa shape index (κ1) is 20.3. The van der Waals surface area contributed by atoms with Crippen LogP contribution in [-0.4, -0.2) is 28.6 Å². The molecule has 2 aromatic carbocycles. The summed E-state index contributed by atoms with van der Waals surface area (Å²) in [6, 6.07) is 16.8. The van der Waals surface area contributed by atoms with Crippen LogP contribution in [0.1, 0.15) is 33.8 Å². The molecule has 3 heterocycles. The van der Waals surface area contributed by atoms with Crippen LogP contribution < -0.4 is 0 Å². The van der Waals surface area contributed by atoms with Crippen LogP contribution in [0.2, 0.25) is 5.02 Å². The summed E-state index contributed by atoms with van der Waals surface area (Å²) in [4.78, 5) is 29.7. The van der Waals surface area contributed by atoms with Gasteiger partial charge in [-0.25, -0.2) is 14.6 Å². The number of carbonyl (C=O) groups is 2. The lowest BCUT2D eigenvalue weighted by atomic mass is 9.87. The number of carbonyl (C=O) groups excluding carboxylic acids is 2. The number of esters is 2. The maximum atomic E-state index is 12.6. The van der Waals surface area contributed by atoms with E-state index in [2.05, 4.69) is 11.6 Å². The number of fused-ring (bicyclic) bond motifs is 3. The number of methoxy groups -OCH3 is 1. The predicted molar refractivity (Wildman–Crippen MR) is 122 cm³/mol. The van der Waals surface area contributed by atoms with E-state index in [0.29, 0.717) is 16.3 Å². The van der Waals surface area contributed by atoms with Gasteiger partial charge in [-0.15, -0.1) is 0 Å². The Hall–Kier alpha value is -3.64. The third-order valence-electron chi connectivity index (χ3n) is 5.98. The number of ether oxygens (including phenoxy) is 2. The van der Waals surface area contributed by atoms with Crippen LogP contribution >= 0.6 is 11.6 Å². The molecule has 1 saturated heterocycles. The fourth-order valence-corrected chi connectivity index (χ4v) is 4.59. The Labute approximate surface area is 189 Å². The molecule has 2 aromatic heterocycles.